The van der Waals surface area contributed by atoms with E-state index in [0.717, 1.165) is 12.0 Å². The average Bonchev–Trinajstić information content (AvgIpc) is 3.10. The predicted octanol–water partition coefficient (Wildman–Crippen LogP) is 5.68. The van der Waals surface area contributed by atoms with Gasteiger partial charge in [-0.05, 0) is 19.3 Å². The van der Waals surface area contributed by atoms with E-state index >= 15 is 0 Å². The molecule has 28 heavy (non-hydrogen) atoms. The maximum Gasteiger partial charge on any atom is 0.413 e. The number of carbonyl (C=O) groups excluding carboxylic acids is 2. The number of hydrogen-bond acceptors (Lipinski definition) is 5. The van der Waals surface area contributed by atoms with E-state index in [1.165, 1.54) is 43.4 Å². The Morgan fingerprint density at radius 3 is 2.61 bits per heavy atom. The lowest BCUT2D eigenvalue weighted by molar-refractivity contribution is -0.116. The molecule has 1 saturated carbocycles. The van der Waals surface area contributed by atoms with Gasteiger partial charge in [-0.15, -0.1) is 0 Å². The zero-order valence-electron chi connectivity index (χ0n) is 16.2. The summed E-state index contributed by atoms with van der Waals surface area (Å²) in [5.74, 6) is 0.657. The number of benzene rings is 1. The molecule has 7 heteroatoms. The van der Waals surface area contributed by atoms with Crippen molar-refractivity contribution in [2.45, 2.75) is 51.9 Å². The molecule has 0 saturated heterocycles. The van der Waals surface area contributed by atoms with Crippen LogP contribution in [0.25, 0.3) is 11.3 Å². The highest BCUT2D eigenvalue weighted by Crippen LogP contribution is 2.36. The number of nitrogens with one attached hydrogen (secondary N) is 2. The van der Waals surface area contributed by atoms with Crippen LogP contribution >= 0.6 is 11.3 Å². The lowest BCUT2D eigenvalue weighted by atomic mass is 9.86. The minimum absolute atomic E-state index is 0.00547. The number of rotatable bonds is 7. The van der Waals surface area contributed by atoms with Gasteiger partial charge in [-0.3, -0.25) is 10.1 Å². The van der Waals surface area contributed by atoms with Crippen LogP contribution in [0.3, 0.4) is 0 Å². The largest absolute Gasteiger partial charge is 0.450 e. The third-order valence-electron chi connectivity index (χ3n) is 4.92. The third kappa shape index (κ3) is 5.79. The van der Waals surface area contributed by atoms with Crippen LogP contribution in [0.5, 0.6) is 0 Å². The molecule has 1 aromatic carbocycles. The Bertz CT molecular complexity index is 785. The molecule has 0 spiro atoms. The number of amides is 2. The van der Waals surface area contributed by atoms with E-state index in [4.69, 9.17) is 4.74 Å². The molecule has 0 radical (unpaired) electrons. The highest BCUT2D eigenvalue weighted by Gasteiger charge is 2.19. The highest BCUT2D eigenvalue weighted by molar-refractivity contribution is 7.20. The van der Waals surface area contributed by atoms with E-state index in [9.17, 15) is 9.59 Å². The summed E-state index contributed by atoms with van der Waals surface area (Å²) in [6, 6.07) is 9.63. The van der Waals surface area contributed by atoms with Gasteiger partial charge >= 0.3 is 6.09 Å². The van der Waals surface area contributed by atoms with Gasteiger partial charge in [0, 0.05) is 12.0 Å². The van der Waals surface area contributed by atoms with E-state index in [0.29, 0.717) is 28.2 Å². The minimum atomic E-state index is -0.550. The number of thiazole rings is 1. The van der Waals surface area contributed by atoms with Crippen molar-refractivity contribution in [2.24, 2.45) is 5.92 Å². The van der Waals surface area contributed by atoms with Crippen LogP contribution in [-0.4, -0.2) is 23.6 Å². The van der Waals surface area contributed by atoms with E-state index in [2.05, 4.69) is 15.6 Å². The van der Waals surface area contributed by atoms with E-state index in [1.807, 2.05) is 30.3 Å². The van der Waals surface area contributed by atoms with Crippen LogP contribution in [0.4, 0.5) is 14.9 Å². The number of ether oxygens (including phenoxy) is 1. The number of anilines is 2. The molecule has 2 amide bonds. The molecule has 6 nitrogen and oxygen atoms in total. The highest BCUT2D eigenvalue weighted by atomic mass is 32.1. The summed E-state index contributed by atoms with van der Waals surface area (Å²) in [7, 11) is 0. The van der Waals surface area contributed by atoms with Crippen molar-refractivity contribution in [3.05, 3.63) is 30.3 Å². The predicted molar refractivity (Wildman–Crippen MR) is 113 cm³/mol. The van der Waals surface area contributed by atoms with Crippen molar-refractivity contribution in [1.29, 1.82) is 0 Å². The second kappa shape index (κ2) is 10.2. The van der Waals surface area contributed by atoms with Crippen molar-refractivity contribution in [3.63, 3.8) is 0 Å². The monoisotopic (exact) mass is 401 g/mol. The Balaban J connectivity index is 1.69. The van der Waals surface area contributed by atoms with Gasteiger partial charge in [0.1, 0.15) is 10.7 Å². The molecule has 0 atom stereocenters. The van der Waals surface area contributed by atoms with Gasteiger partial charge in [0.2, 0.25) is 5.91 Å². The first-order valence-corrected chi connectivity index (χ1v) is 10.8. The number of carbonyl (C=O) groups is 2. The standard InChI is InChI=1S/C21H27N3O3S/c1-2-27-21(26)24-20-23-18(16-11-7-4-8-12-16)19(28-20)22-17(25)14-13-15-9-5-3-6-10-15/h4,7-8,11-12,15H,2-3,5-6,9-10,13-14H2,1H3,(H,22,25)(H,23,24,26). The minimum Gasteiger partial charge on any atom is -0.450 e. The fraction of sp³-hybridized carbons (Fsp3) is 0.476. The molecule has 150 valence electrons. The molecular formula is C21H27N3O3S. The van der Waals surface area contributed by atoms with Crippen molar-refractivity contribution in [3.8, 4) is 11.3 Å². The summed E-state index contributed by atoms with van der Waals surface area (Å²) in [5, 5.41) is 6.67. The molecule has 2 aromatic rings. The maximum absolute atomic E-state index is 12.5. The molecule has 1 heterocycles. The normalized spacial score (nSPS) is 14.5. The van der Waals surface area contributed by atoms with E-state index in [-0.39, 0.29) is 12.5 Å². The summed E-state index contributed by atoms with van der Waals surface area (Å²) >= 11 is 1.24. The molecule has 1 aromatic heterocycles. The van der Waals surface area contributed by atoms with Gasteiger partial charge < -0.3 is 10.1 Å². The lowest BCUT2D eigenvalue weighted by Crippen LogP contribution is -2.14. The average molecular weight is 402 g/mol. The van der Waals surface area contributed by atoms with Gasteiger partial charge in [0.15, 0.2) is 5.13 Å². The van der Waals surface area contributed by atoms with Gasteiger partial charge in [-0.2, -0.15) is 0 Å². The van der Waals surface area contributed by atoms with Gasteiger partial charge in [0.05, 0.1) is 6.61 Å². The zero-order chi connectivity index (χ0) is 19.8. The first-order valence-electron chi connectivity index (χ1n) is 9.95. The first-order chi connectivity index (χ1) is 13.7. The Morgan fingerprint density at radius 2 is 1.89 bits per heavy atom. The zero-order valence-corrected chi connectivity index (χ0v) is 17.0. The van der Waals surface area contributed by atoms with Crippen LogP contribution in [0.15, 0.2) is 30.3 Å². The van der Waals surface area contributed by atoms with Crippen LogP contribution < -0.4 is 10.6 Å². The second-order valence-corrected chi connectivity index (χ2v) is 8.00. The Labute approximate surface area is 169 Å². The van der Waals surface area contributed by atoms with Crippen molar-refractivity contribution in [1.82, 2.24) is 4.98 Å². The number of hydrogen-bond donors (Lipinski definition) is 2. The Kier molecular flexibility index (Phi) is 7.42. The quantitative estimate of drug-likeness (QED) is 0.626. The van der Waals surface area contributed by atoms with Crippen molar-refractivity contribution < 1.29 is 14.3 Å². The maximum atomic E-state index is 12.5. The molecule has 1 fully saturated rings. The Morgan fingerprint density at radius 1 is 1.14 bits per heavy atom. The van der Waals surface area contributed by atoms with E-state index in [1.54, 1.807) is 6.92 Å². The van der Waals surface area contributed by atoms with Gasteiger partial charge in [-0.25, -0.2) is 9.78 Å². The molecule has 3 rings (SSSR count). The lowest BCUT2D eigenvalue weighted by Gasteiger charge is -2.20. The molecule has 2 N–H and O–H groups in total. The summed E-state index contributed by atoms with van der Waals surface area (Å²) in [5.41, 5.74) is 1.54. The molecule has 0 bridgehead atoms. The van der Waals surface area contributed by atoms with Crippen molar-refractivity contribution in [2.75, 3.05) is 17.2 Å². The summed E-state index contributed by atoms with van der Waals surface area (Å²) in [4.78, 5) is 28.7. The second-order valence-electron chi connectivity index (χ2n) is 7.00. The van der Waals surface area contributed by atoms with Crippen LogP contribution in [0.2, 0.25) is 0 Å². The molecule has 0 aliphatic heterocycles. The molecule has 1 aliphatic rings. The van der Waals surface area contributed by atoms with Crippen molar-refractivity contribution >= 4 is 33.5 Å². The van der Waals surface area contributed by atoms with Gasteiger partial charge in [-0.1, -0.05) is 73.8 Å². The van der Waals surface area contributed by atoms with Crippen LogP contribution in [0.1, 0.15) is 51.9 Å². The smallest absolute Gasteiger partial charge is 0.413 e. The Hall–Kier alpha value is -2.41. The molecule has 0 unspecified atom stereocenters. The fourth-order valence-electron chi connectivity index (χ4n) is 3.50. The fourth-order valence-corrected chi connectivity index (χ4v) is 4.39. The van der Waals surface area contributed by atoms with Gasteiger partial charge in [0.25, 0.3) is 0 Å². The van der Waals surface area contributed by atoms with E-state index < -0.39 is 6.09 Å². The number of aromatic nitrogens is 1. The third-order valence-corrected chi connectivity index (χ3v) is 5.80. The number of nitrogens with zero attached hydrogens (tertiary/aromatic N) is 1. The topological polar surface area (TPSA) is 80.3 Å². The molecule has 1 aliphatic carbocycles. The SMILES string of the molecule is CCOC(=O)Nc1nc(-c2ccccc2)c(NC(=O)CCC2CCCCC2)s1. The summed E-state index contributed by atoms with van der Waals surface area (Å²) in [6.07, 6.45) is 7.24. The summed E-state index contributed by atoms with van der Waals surface area (Å²) < 4.78 is 4.92. The van der Waals surface area contributed by atoms with Crippen LogP contribution in [0, 0.1) is 5.92 Å². The van der Waals surface area contributed by atoms with Crippen LogP contribution in [-0.2, 0) is 9.53 Å². The first kappa shape index (κ1) is 20.3. The summed E-state index contributed by atoms with van der Waals surface area (Å²) in [6.45, 7) is 2.03. The molecular weight excluding hydrogens is 374 g/mol.